The highest BCUT2D eigenvalue weighted by atomic mass is 79.9. The fourth-order valence-electron chi connectivity index (χ4n) is 4.23. The third kappa shape index (κ3) is 5.08. The van der Waals surface area contributed by atoms with Crippen molar-refractivity contribution < 1.29 is 4.79 Å². The smallest absolute Gasteiger partial charge is 0.282 e. The molecule has 2 aliphatic heterocycles. The maximum atomic E-state index is 13.2. The Labute approximate surface area is 201 Å². The number of hydrogen-bond donors (Lipinski definition) is 1. The molecule has 1 saturated heterocycles. The molecule has 2 heterocycles. The Morgan fingerprint density at radius 3 is 2.39 bits per heavy atom. The van der Waals surface area contributed by atoms with E-state index in [4.69, 9.17) is 28.3 Å². The van der Waals surface area contributed by atoms with E-state index in [1.54, 1.807) is 12.1 Å². The third-order valence-electron chi connectivity index (χ3n) is 5.85. The molecule has 0 unspecified atom stereocenters. The number of amides is 1. The van der Waals surface area contributed by atoms with Crippen LogP contribution in [0.5, 0.6) is 0 Å². The van der Waals surface area contributed by atoms with Crippen LogP contribution in [0.2, 0.25) is 10.0 Å². The van der Waals surface area contributed by atoms with E-state index < -0.39 is 0 Å². The van der Waals surface area contributed by atoms with Crippen LogP contribution >= 0.6 is 39.1 Å². The second kappa shape index (κ2) is 9.90. The molecule has 2 atom stereocenters. The molecule has 2 aromatic rings. The number of rotatable bonds is 4. The topological polar surface area (TPSA) is 47.9 Å². The lowest BCUT2D eigenvalue weighted by Crippen LogP contribution is -2.46. The number of halogens is 3. The molecule has 2 aliphatic rings. The highest BCUT2D eigenvalue weighted by Crippen LogP contribution is 2.42. The van der Waals surface area contributed by atoms with Crippen LogP contribution < -0.4 is 10.4 Å². The minimum absolute atomic E-state index is 0.125. The maximum Gasteiger partial charge on any atom is 0.282 e. The second-order valence-electron chi connectivity index (χ2n) is 8.05. The van der Waals surface area contributed by atoms with Crippen LogP contribution in [0, 0.1) is 5.92 Å². The van der Waals surface area contributed by atoms with Crippen molar-refractivity contribution in [3.63, 3.8) is 0 Å². The predicted octanol–water partition coefficient (Wildman–Crippen LogP) is 6.22. The molecule has 0 bridgehead atoms. The molecule has 0 aliphatic carbocycles. The van der Waals surface area contributed by atoms with E-state index in [1.807, 2.05) is 47.3 Å². The Balaban J connectivity index is 1.66. The summed E-state index contributed by atoms with van der Waals surface area (Å²) in [6, 6.07) is 13.3. The van der Waals surface area contributed by atoms with E-state index in [0.29, 0.717) is 15.8 Å². The summed E-state index contributed by atoms with van der Waals surface area (Å²) in [4.78, 5) is 13.2. The van der Waals surface area contributed by atoms with Crippen molar-refractivity contribution in [3.05, 3.63) is 62.5 Å². The molecule has 0 aromatic heterocycles. The standard InChI is InChI=1S/C23H25BrCl2N4O/c1-15-21(23(31)28-29-12-4-2-3-5-13-29)27-30(20-11-10-18(25)14-19(20)26)22(15)16-6-8-17(24)9-7-16/h6-11,14-15,22H,2-5,12-13H2,1H3,(H,28,31)/t15-,22-/m1/s1. The van der Waals surface area contributed by atoms with Gasteiger partial charge in [0.1, 0.15) is 5.71 Å². The van der Waals surface area contributed by atoms with Crippen LogP contribution in [0.4, 0.5) is 5.69 Å². The van der Waals surface area contributed by atoms with Gasteiger partial charge in [0.2, 0.25) is 0 Å². The third-order valence-corrected chi connectivity index (χ3v) is 6.92. The average Bonchev–Trinajstić information content (AvgIpc) is 2.89. The van der Waals surface area contributed by atoms with Crippen LogP contribution in [-0.2, 0) is 4.79 Å². The van der Waals surface area contributed by atoms with E-state index in [0.717, 1.165) is 41.7 Å². The minimum atomic E-state index is -0.156. The molecule has 4 rings (SSSR count). The molecule has 8 heteroatoms. The maximum absolute atomic E-state index is 13.2. The summed E-state index contributed by atoms with van der Waals surface area (Å²) in [5, 5.41) is 9.71. The number of hydrogen-bond acceptors (Lipinski definition) is 4. The van der Waals surface area contributed by atoms with Crippen molar-refractivity contribution in [3.8, 4) is 0 Å². The summed E-state index contributed by atoms with van der Waals surface area (Å²) in [7, 11) is 0. The van der Waals surface area contributed by atoms with Crippen molar-refractivity contribution in [2.45, 2.75) is 38.6 Å². The average molecular weight is 524 g/mol. The largest absolute Gasteiger partial charge is 0.284 e. The van der Waals surface area contributed by atoms with Gasteiger partial charge in [-0.15, -0.1) is 0 Å². The molecule has 31 heavy (non-hydrogen) atoms. The minimum Gasteiger partial charge on any atom is -0.284 e. The number of carbonyl (C=O) groups is 1. The number of nitrogens with zero attached hydrogens (tertiary/aromatic N) is 3. The number of hydrazone groups is 1. The Hall–Kier alpha value is -1.60. The summed E-state index contributed by atoms with van der Waals surface area (Å²) in [5.74, 6) is -0.274. The van der Waals surface area contributed by atoms with Crippen molar-refractivity contribution in [1.82, 2.24) is 10.4 Å². The van der Waals surface area contributed by atoms with Gasteiger partial charge < -0.3 is 0 Å². The van der Waals surface area contributed by atoms with E-state index in [1.165, 1.54) is 12.8 Å². The van der Waals surface area contributed by atoms with Gasteiger partial charge in [0.05, 0.1) is 16.8 Å². The molecule has 2 aromatic carbocycles. The van der Waals surface area contributed by atoms with Crippen LogP contribution in [0.1, 0.15) is 44.2 Å². The van der Waals surface area contributed by atoms with E-state index in [-0.39, 0.29) is 17.9 Å². The zero-order valence-corrected chi connectivity index (χ0v) is 20.4. The van der Waals surface area contributed by atoms with Gasteiger partial charge in [0.15, 0.2) is 0 Å². The molecule has 1 N–H and O–H groups in total. The lowest BCUT2D eigenvalue weighted by Gasteiger charge is -2.28. The van der Waals surface area contributed by atoms with Gasteiger partial charge in [-0.25, -0.2) is 5.01 Å². The molecule has 1 amide bonds. The molecule has 0 radical (unpaired) electrons. The molecular formula is C23H25BrCl2N4O. The molecule has 1 fully saturated rings. The number of anilines is 1. The zero-order valence-electron chi connectivity index (χ0n) is 17.3. The summed E-state index contributed by atoms with van der Waals surface area (Å²) in [6.07, 6.45) is 4.60. The Bertz CT molecular complexity index is 974. The Morgan fingerprint density at radius 1 is 1.06 bits per heavy atom. The summed E-state index contributed by atoms with van der Waals surface area (Å²) in [5.41, 5.74) is 5.37. The summed E-state index contributed by atoms with van der Waals surface area (Å²) < 4.78 is 0.998. The summed E-state index contributed by atoms with van der Waals surface area (Å²) in [6.45, 7) is 3.78. The molecule has 5 nitrogen and oxygen atoms in total. The van der Waals surface area contributed by atoms with Crippen LogP contribution in [-0.4, -0.2) is 29.7 Å². The van der Waals surface area contributed by atoms with Gasteiger partial charge in [0, 0.05) is 28.5 Å². The fourth-order valence-corrected chi connectivity index (χ4v) is 4.99. The first-order valence-electron chi connectivity index (χ1n) is 10.6. The quantitative estimate of drug-likeness (QED) is 0.517. The van der Waals surface area contributed by atoms with Gasteiger partial charge in [0.25, 0.3) is 5.91 Å². The monoisotopic (exact) mass is 522 g/mol. The Kier molecular flexibility index (Phi) is 7.22. The highest BCUT2D eigenvalue weighted by molar-refractivity contribution is 9.10. The van der Waals surface area contributed by atoms with Crippen molar-refractivity contribution in [2.24, 2.45) is 11.0 Å². The van der Waals surface area contributed by atoms with Gasteiger partial charge in [-0.2, -0.15) is 5.10 Å². The first-order valence-corrected chi connectivity index (χ1v) is 12.1. The van der Waals surface area contributed by atoms with E-state index in [9.17, 15) is 4.79 Å². The van der Waals surface area contributed by atoms with Gasteiger partial charge >= 0.3 is 0 Å². The Morgan fingerprint density at radius 2 is 1.74 bits per heavy atom. The molecule has 0 saturated carbocycles. The fraction of sp³-hybridized carbons (Fsp3) is 0.391. The predicted molar refractivity (Wildman–Crippen MR) is 131 cm³/mol. The lowest BCUT2D eigenvalue weighted by atomic mass is 9.91. The number of carbonyl (C=O) groups excluding carboxylic acids is 1. The van der Waals surface area contributed by atoms with Crippen molar-refractivity contribution in [2.75, 3.05) is 18.1 Å². The first kappa shape index (κ1) is 22.6. The SMILES string of the molecule is C[C@@H]1C(C(=O)NN2CCCCCC2)=NN(c2ccc(Cl)cc2Cl)[C@H]1c1ccc(Br)cc1. The molecule has 164 valence electrons. The highest BCUT2D eigenvalue weighted by Gasteiger charge is 2.40. The van der Waals surface area contributed by atoms with Crippen molar-refractivity contribution >= 4 is 56.4 Å². The van der Waals surface area contributed by atoms with Gasteiger partial charge in [-0.3, -0.25) is 15.2 Å². The van der Waals surface area contributed by atoms with Crippen LogP contribution in [0.15, 0.2) is 52.0 Å². The number of benzene rings is 2. The first-order chi connectivity index (χ1) is 14.9. The van der Waals surface area contributed by atoms with Gasteiger partial charge in [-0.1, -0.05) is 71.0 Å². The van der Waals surface area contributed by atoms with Crippen LogP contribution in [0.25, 0.3) is 0 Å². The number of hydrazine groups is 1. The van der Waals surface area contributed by atoms with Crippen molar-refractivity contribution in [1.29, 1.82) is 0 Å². The summed E-state index contributed by atoms with van der Waals surface area (Å²) >= 11 is 16.1. The van der Waals surface area contributed by atoms with Crippen LogP contribution in [0.3, 0.4) is 0 Å². The van der Waals surface area contributed by atoms with E-state index >= 15 is 0 Å². The second-order valence-corrected chi connectivity index (χ2v) is 9.81. The molecule has 0 spiro atoms. The van der Waals surface area contributed by atoms with E-state index in [2.05, 4.69) is 21.4 Å². The molecular weight excluding hydrogens is 499 g/mol. The zero-order chi connectivity index (χ0) is 22.0. The lowest BCUT2D eigenvalue weighted by molar-refractivity contribution is -0.119. The number of nitrogens with one attached hydrogen (secondary N) is 1. The normalized spacial score (nSPS) is 22.2. The van der Waals surface area contributed by atoms with Gasteiger partial charge in [-0.05, 0) is 48.7 Å².